The van der Waals surface area contributed by atoms with Crippen molar-refractivity contribution in [2.45, 2.75) is 64.1 Å². The number of nitrogens with one attached hydrogen (secondary N) is 2. The molecule has 0 aliphatic carbocycles. The first-order valence-electron chi connectivity index (χ1n) is 16.9. The standard InChI is InChI=1S/C40H48N2O4SSi/c1-5-48(6-2,7-3)46-40(34-25-26-39(38(28-34)42-47(4,43)44)45-30-32-19-12-9-13-20-32)29-41-37(27-31-17-10-8-11-18-31)36-24-16-22-33-21-14-15-23-35(33)36/h8-26,28,37,40-42H,5-7,27,29-30H2,1-4H3/t37-,40-/m0/s1. The van der Waals surface area contributed by atoms with Crippen LogP contribution < -0.4 is 14.8 Å². The summed E-state index contributed by atoms with van der Waals surface area (Å²) in [6, 6.07) is 44.2. The molecule has 252 valence electrons. The van der Waals surface area contributed by atoms with Gasteiger partial charge < -0.3 is 14.5 Å². The van der Waals surface area contributed by atoms with Gasteiger partial charge in [0.15, 0.2) is 8.32 Å². The summed E-state index contributed by atoms with van der Waals surface area (Å²) >= 11 is 0. The number of sulfonamides is 1. The van der Waals surface area contributed by atoms with E-state index in [1.807, 2.05) is 54.6 Å². The summed E-state index contributed by atoms with van der Waals surface area (Å²) in [6.45, 7) is 7.57. The van der Waals surface area contributed by atoms with Crippen LogP contribution in [0.4, 0.5) is 5.69 Å². The van der Waals surface area contributed by atoms with Crippen LogP contribution in [0.3, 0.4) is 0 Å². The zero-order chi connectivity index (χ0) is 34.0. The van der Waals surface area contributed by atoms with Gasteiger partial charge in [0, 0.05) is 12.6 Å². The molecule has 2 N–H and O–H groups in total. The topological polar surface area (TPSA) is 76.7 Å². The monoisotopic (exact) mass is 680 g/mol. The van der Waals surface area contributed by atoms with Crippen LogP contribution in [0.15, 0.2) is 121 Å². The van der Waals surface area contributed by atoms with Crippen LogP contribution in [0.25, 0.3) is 10.8 Å². The van der Waals surface area contributed by atoms with E-state index >= 15 is 0 Å². The number of benzene rings is 5. The van der Waals surface area contributed by atoms with Crippen molar-refractivity contribution in [2.75, 3.05) is 17.5 Å². The highest BCUT2D eigenvalue weighted by Gasteiger charge is 2.33. The second-order valence-corrected chi connectivity index (χ2v) is 18.9. The van der Waals surface area contributed by atoms with Gasteiger partial charge in [-0.15, -0.1) is 0 Å². The van der Waals surface area contributed by atoms with Gasteiger partial charge in [-0.2, -0.15) is 0 Å². The fraction of sp³-hybridized carbons (Fsp3) is 0.300. The molecule has 0 radical (unpaired) electrons. The lowest BCUT2D eigenvalue weighted by Crippen LogP contribution is -2.40. The van der Waals surface area contributed by atoms with Crippen molar-refractivity contribution in [3.05, 3.63) is 144 Å². The molecule has 0 fully saturated rings. The highest BCUT2D eigenvalue weighted by atomic mass is 32.2. The van der Waals surface area contributed by atoms with Crippen LogP contribution in [-0.2, 0) is 27.5 Å². The first kappa shape index (κ1) is 35.4. The van der Waals surface area contributed by atoms with Crippen molar-refractivity contribution in [3.63, 3.8) is 0 Å². The highest BCUT2D eigenvalue weighted by molar-refractivity contribution is 7.92. The predicted octanol–water partition coefficient (Wildman–Crippen LogP) is 9.43. The van der Waals surface area contributed by atoms with E-state index < -0.39 is 18.3 Å². The zero-order valence-electron chi connectivity index (χ0n) is 28.5. The van der Waals surface area contributed by atoms with Crippen molar-refractivity contribution in [3.8, 4) is 5.75 Å². The average Bonchev–Trinajstić information content (AvgIpc) is 3.11. The second-order valence-electron chi connectivity index (χ2n) is 12.5. The van der Waals surface area contributed by atoms with Crippen molar-refractivity contribution >= 4 is 34.8 Å². The Labute approximate surface area is 287 Å². The molecule has 0 aromatic heterocycles. The summed E-state index contributed by atoms with van der Waals surface area (Å²) in [7, 11) is -5.65. The molecule has 5 aromatic rings. The van der Waals surface area contributed by atoms with E-state index in [2.05, 4.69) is 97.5 Å². The van der Waals surface area contributed by atoms with Crippen molar-refractivity contribution in [2.24, 2.45) is 0 Å². The highest BCUT2D eigenvalue weighted by Crippen LogP contribution is 2.35. The van der Waals surface area contributed by atoms with E-state index in [-0.39, 0.29) is 12.1 Å². The van der Waals surface area contributed by atoms with Crippen LogP contribution in [0, 0.1) is 0 Å². The van der Waals surface area contributed by atoms with Gasteiger partial charge in [0.2, 0.25) is 10.0 Å². The van der Waals surface area contributed by atoms with E-state index in [1.54, 1.807) is 0 Å². The van der Waals surface area contributed by atoms with Gasteiger partial charge in [-0.3, -0.25) is 4.72 Å². The van der Waals surface area contributed by atoms with Gasteiger partial charge in [-0.05, 0) is 69.7 Å². The summed E-state index contributed by atoms with van der Waals surface area (Å²) in [5, 5.41) is 6.36. The average molecular weight is 681 g/mol. The van der Waals surface area contributed by atoms with Crippen LogP contribution in [0.1, 0.15) is 55.2 Å². The molecule has 6 nitrogen and oxygen atoms in total. The summed E-state index contributed by atoms with van der Waals surface area (Å²) < 4.78 is 41.1. The summed E-state index contributed by atoms with van der Waals surface area (Å²) in [6.07, 6.45) is 1.68. The Hall–Kier alpha value is -3.95. The third-order valence-corrected chi connectivity index (χ3v) is 14.5. The molecule has 0 spiro atoms. The van der Waals surface area contributed by atoms with Crippen molar-refractivity contribution < 1.29 is 17.6 Å². The molecule has 0 aliphatic heterocycles. The summed E-state index contributed by atoms with van der Waals surface area (Å²) in [5.41, 5.74) is 4.81. The molecule has 0 aliphatic rings. The van der Waals surface area contributed by atoms with Gasteiger partial charge in [-0.25, -0.2) is 8.42 Å². The van der Waals surface area contributed by atoms with E-state index in [0.29, 0.717) is 24.6 Å². The lowest BCUT2D eigenvalue weighted by Gasteiger charge is -2.35. The number of hydrogen-bond acceptors (Lipinski definition) is 5. The molecule has 0 amide bonds. The Morgan fingerprint density at radius 2 is 1.35 bits per heavy atom. The van der Waals surface area contributed by atoms with E-state index in [0.717, 1.165) is 41.9 Å². The Balaban J connectivity index is 1.51. The minimum absolute atomic E-state index is 0.0210. The molecule has 0 bridgehead atoms. The SMILES string of the molecule is CC[Si](CC)(CC)O[C@@H](CN[C@@H](Cc1ccccc1)c1cccc2ccccc12)c1ccc(OCc2ccccc2)c(NS(C)(=O)=O)c1. The Morgan fingerprint density at radius 3 is 2.02 bits per heavy atom. The molecule has 0 heterocycles. The molecular weight excluding hydrogens is 633 g/mol. The lowest BCUT2D eigenvalue weighted by molar-refractivity contribution is 0.181. The Morgan fingerprint density at radius 1 is 0.729 bits per heavy atom. The van der Waals surface area contributed by atoms with E-state index in [9.17, 15) is 8.42 Å². The molecule has 0 saturated carbocycles. The Kier molecular flexibility index (Phi) is 12.1. The van der Waals surface area contributed by atoms with Gasteiger partial charge in [0.25, 0.3) is 0 Å². The lowest BCUT2D eigenvalue weighted by atomic mass is 9.93. The summed E-state index contributed by atoms with van der Waals surface area (Å²) in [4.78, 5) is 0. The van der Waals surface area contributed by atoms with Gasteiger partial charge in [-0.1, -0.05) is 130 Å². The Bertz CT molecular complexity index is 1850. The smallest absolute Gasteiger partial charge is 0.229 e. The van der Waals surface area contributed by atoms with Crippen LogP contribution in [0.2, 0.25) is 18.1 Å². The minimum Gasteiger partial charge on any atom is -0.487 e. The fourth-order valence-corrected chi connectivity index (χ4v) is 9.75. The maximum Gasteiger partial charge on any atom is 0.229 e. The third kappa shape index (κ3) is 9.35. The predicted molar refractivity (Wildman–Crippen MR) is 202 cm³/mol. The van der Waals surface area contributed by atoms with Gasteiger partial charge >= 0.3 is 0 Å². The molecule has 5 aromatic carbocycles. The number of fused-ring (bicyclic) bond motifs is 1. The molecule has 0 unspecified atom stereocenters. The minimum atomic E-state index is -3.57. The molecular formula is C40H48N2O4SSi. The van der Waals surface area contributed by atoms with Crippen LogP contribution in [0.5, 0.6) is 5.75 Å². The second kappa shape index (κ2) is 16.4. The third-order valence-electron chi connectivity index (χ3n) is 9.26. The zero-order valence-corrected chi connectivity index (χ0v) is 30.3. The number of rotatable bonds is 17. The number of anilines is 1. The van der Waals surface area contributed by atoms with Gasteiger partial charge in [0.05, 0.1) is 18.0 Å². The van der Waals surface area contributed by atoms with Crippen molar-refractivity contribution in [1.82, 2.24) is 5.32 Å². The van der Waals surface area contributed by atoms with E-state index in [1.165, 1.54) is 21.9 Å². The quantitative estimate of drug-likeness (QED) is 0.0958. The van der Waals surface area contributed by atoms with Crippen LogP contribution >= 0.6 is 0 Å². The van der Waals surface area contributed by atoms with Crippen molar-refractivity contribution in [1.29, 1.82) is 0 Å². The maximum atomic E-state index is 12.5. The number of ether oxygens (including phenoxy) is 1. The van der Waals surface area contributed by atoms with Crippen LogP contribution in [-0.4, -0.2) is 29.5 Å². The largest absolute Gasteiger partial charge is 0.487 e. The number of hydrogen-bond donors (Lipinski definition) is 2. The van der Waals surface area contributed by atoms with Gasteiger partial charge in [0.1, 0.15) is 12.4 Å². The molecule has 5 rings (SSSR count). The first-order valence-corrected chi connectivity index (χ1v) is 21.4. The normalized spacial score (nSPS) is 13.2. The molecule has 0 saturated heterocycles. The molecule has 2 atom stereocenters. The van der Waals surface area contributed by atoms with E-state index in [4.69, 9.17) is 9.16 Å². The fourth-order valence-electron chi connectivity index (χ4n) is 6.36. The molecule has 48 heavy (non-hydrogen) atoms. The first-order chi connectivity index (χ1) is 23.2. The molecule has 8 heteroatoms. The maximum absolute atomic E-state index is 12.5. The summed E-state index contributed by atoms with van der Waals surface area (Å²) in [5.74, 6) is 0.474.